The van der Waals surface area contributed by atoms with Crippen LogP contribution >= 0.6 is 0 Å². The van der Waals surface area contributed by atoms with E-state index in [4.69, 9.17) is 13.9 Å². The van der Waals surface area contributed by atoms with Gasteiger partial charge in [-0.05, 0) is 82.4 Å². The molecular weight excluding hydrogens is 534 g/mol. The van der Waals surface area contributed by atoms with Gasteiger partial charge in [0.25, 0.3) is 0 Å². The molecule has 2 aromatic heterocycles. The number of hydrogen-bond acceptors (Lipinski definition) is 7. The molecule has 2 aliphatic rings. The van der Waals surface area contributed by atoms with Gasteiger partial charge in [0.15, 0.2) is 22.6 Å². The van der Waals surface area contributed by atoms with Gasteiger partial charge in [0.05, 0.1) is 17.6 Å². The summed E-state index contributed by atoms with van der Waals surface area (Å²) in [6.07, 6.45) is 5.35. The van der Waals surface area contributed by atoms with Crippen LogP contribution in [0.4, 0.5) is 14.6 Å². The third-order valence-electron chi connectivity index (χ3n) is 7.66. The number of aromatic nitrogens is 2. The second-order valence-corrected chi connectivity index (χ2v) is 11.8. The normalized spacial score (nSPS) is 17.6. The Morgan fingerprint density at radius 2 is 1.88 bits per heavy atom. The number of aryl methyl sites for hydroxylation is 1. The van der Waals surface area contributed by atoms with E-state index in [2.05, 4.69) is 21.3 Å². The zero-order chi connectivity index (χ0) is 28.1. The maximum absolute atomic E-state index is 15.1. The highest BCUT2D eigenvalue weighted by Crippen LogP contribution is 2.35. The van der Waals surface area contributed by atoms with Crippen LogP contribution in [0.3, 0.4) is 0 Å². The molecule has 0 radical (unpaired) electrons. The fourth-order valence-corrected chi connectivity index (χ4v) is 6.40. The third-order valence-corrected chi connectivity index (χ3v) is 9.14. The van der Waals surface area contributed by atoms with Crippen LogP contribution in [0.5, 0.6) is 5.75 Å². The topological polar surface area (TPSA) is 76.6 Å². The summed E-state index contributed by atoms with van der Waals surface area (Å²) in [5.74, 6) is -0.387. The van der Waals surface area contributed by atoms with Crippen molar-refractivity contribution in [3.8, 4) is 17.0 Å². The van der Waals surface area contributed by atoms with E-state index in [1.807, 2.05) is 26.0 Å². The van der Waals surface area contributed by atoms with Gasteiger partial charge >= 0.3 is 0 Å². The predicted octanol–water partition coefficient (Wildman–Crippen LogP) is 5.45. The highest BCUT2D eigenvalue weighted by atomic mass is 32.2. The summed E-state index contributed by atoms with van der Waals surface area (Å²) >= 11 is -1.30. The molecule has 214 valence electrons. The van der Waals surface area contributed by atoms with Gasteiger partial charge in [0.1, 0.15) is 18.2 Å². The summed E-state index contributed by atoms with van der Waals surface area (Å²) in [4.78, 5) is 11.5. The molecule has 1 N–H and O–H groups in total. The molecule has 0 saturated carbocycles. The van der Waals surface area contributed by atoms with Crippen molar-refractivity contribution in [2.45, 2.75) is 57.3 Å². The summed E-state index contributed by atoms with van der Waals surface area (Å²) in [5, 5.41) is 3.36. The van der Waals surface area contributed by atoms with E-state index in [9.17, 15) is 8.60 Å². The minimum atomic E-state index is -1.30. The first-order valence-electron chi connectivity index (χ1n) is 14.0. The fourth-order valence-electron chi connectivity index (χ4n) is 5.38. The molecule has 40 heavy (non-hydrogen) atoms. The fraction of sp³-hybridized carbons (Fsp3) is 0.467. The maximum Gasteiger partial charge on any atom is 0.168 e. The van der Waals surface area contributed by atoms with Gasteiger partial charge in [0, 0.05) is 48.1 Å². The van der Waals surface area contributed by atoms with Gasteiger partial charge in [0.2, 0.25) is 0 Å². The minimum Gasteiger partial charge on any atom is -0.485 e. The zero-order valence-electron chi connectivity index (χ0n) is 23.0. The van der Waals surface area contributed by atoms with Crippen molar-refractivity contribution in [1.29, 1.82) is 0 Å². The molecule has 2 saturated heterocycles. The monoisotopic (exact) mass is 570 g/mol. The van der Waals surface area contributed by atoms with Crippen molar-refractivity contribution in [2.75, 3.05) is 37.7 Å². The second-order valence-electron chi connectivity index (χ2n) is 10.3. The molecule has 1 aromatic carbocycles. The lowest BCUT2D eigenvalue weighted by atomic mass is 9.93. The molecule has 2 aliphatic heterocycles. The Kier molecular flexibility index (Phi) is 9.39. The van der Waals surface area contributed by atoms with Crippen LogP contribution in [-0.4, -0.2) is 52.2 Å². The molecule has 3 aromatic rings. The maximum atomic E-state index is 15.1. The first-order chi connectivity index (χ1) is 19.4. The number of nitrogens with one attached hydrogen (secondary N) is 1. The SMILES string of the molecule is CCOS(=O)C1CCN(c2cccc(-c3cc(F)cc(F)c3OCc3cnc(C4CCNCC4)cc3C)n2)CC1. The van der Waals surface area contributed by atoms with Crippen LogP contribution in [0.15, 0.2) is 42.6 Å². The van der Waals surface area contributed by atoms with E-state index in [-0.39, 0.29) is 23.2 Å². The smallest absolute Gasteiger partial charge is 0.168 e. The van der Waals surface area contributed by atoms with Gasteiger partial charge in [-0.25, -0.2) is 18.0 Å². The van der Waals surface area contributed by atoms with Crippen molar-refractivity contribution in [3.05, 3.63) is 71.1 Å². The lowest BCUT2D eigenvalue weighted by Gasteiger charge is -2.32. The first kappa shape index (κ1) is 28.6. The van der Waals surface area contributed by atoms with Gasteiger partial charge in [-0.3, -0.25) is 9.17 Å². The molecule has 1 unspecified atom stereocenters. The quantitative estimate of drug-likeness (QED) is 0.367. The zero-order valence-corrected chi connectivity index (χ0v) is 23.8. The molecule has 10 heteroatoms. The van der Waals surface area contributed by atoms with Gasteiger partial charge in [-0.2, -0.15) is 0 Å². The van der Waals surface area contributed by atoms with Gasteiger partial charge in [-0.15, -0.1) is 0 Å². The van der Waals surface area contributed by atoms with Crippen molar-refractivity contribution < 1.29 is 21.9 Å². The van der Waals surface area contributed by atoms with Crippen LogP contribution in [0.2, 0.25) is 0 Å². The Labute approximate surface area is 237 Å². The molecule has 4 heterocycles. The van der Waals surface area contributed by atoms with E-state index in [0.717, 1.165) is 48.8 Å². The second kappa shape index (κ2) is 13.1. The van der Waals surface area contributed by atoms with Crippen LogP contribution in [-0.2, 0) is 21.9 Å². The molecule has 0 amide bonds. The molecule has 5 rings (SSSR count). The number of hydrogen-bond donors (Lipinski definition) is 1. The van der Waals surface area contributed by atoms with E-state index in [1.54, 1.807) is 12.3 Å². The Morgan fingerprint density at radius 3 is 2.60 bits per heavy atom. The number of pyridine rings is 2. The minimum absolute atomic E-state index is 0.0108. The number of rotatable bonds is 9. The lowest BCUT2D eigenvalue weighted by molar-refractivity contribution is 0.289. The van der Waals surface area contributed by atoms with Crippen LogP contribution in [0.1, 0.15) is 55.3 Å². The number of halogens is 2. The highest BCUT2D eigenvalue weighted by Gasteiger charge is 2.26. The Morgan fingerprint density at radius 1 is 1.10 bits per heavy atom. The number of nitrogens with zero attached hydrogens (tertiary/aromatic N) is 3. The lowest BCUT2D eigenvalue weighted by Crippen LogP contribution is -2.38. The Hall–Kier alpha value is -2.95. The molecule has 0 bridgehead atoms. The summed E-state index contributed by atoms with van der Waals surface area (Å²) in [7, 11) is 0. The Balaban J connectivity index is 1.33. The summed E-state index contributed by atoms with van der Waals surface area (Å²) in [6, 6.07) is 9.60. The van der Waals surface area contributed by atoms with Crippen molar-refractivity contribution >= 4 is 16.9 Å². The average molecular weight is 571 g/mol. The number of ether oxygens (including phenoxy) is 1. The number of anilines is 1. The molecule has 0 aliphatic carbocycles. The average Bonchev–Trinajstić information content (AvgIpc) is 2.97. The number of piperidine rings is 2. The largest absolute Gasteiger partial charge is 0.485 e. The summed E-state index contributed by atoms with van der Waals surface area (Å²) < 4.78 is 53.0. The highest BCUT2D eigenvalue weighted by molar-refractivity contribution is 7.80. The predicted molar refractivity (Wildman–Crippen MR) is 153 cm³/mol. The van der Waals surface area contributed by atoms with Crippen molar-refractivity contribution in [3.63, 3.8) is 0 Å². The van der Waals surface area contributed by atoms with Crippen LogP contribution < -0.4 is 15.0 Å². The summed E-state index contributed by atoms with van der Waals surface area (Å²) in [5.41, 5.74) is 3.62. The van der Waals surface area contributed by atoms with E-state index < -0.39 is 22.7 Å². The first-order valence-corrected chi connectivity index (χ1v) is 15.1. The molecule has 2 fully saturated rings. The third kappa shape index (κ3) is 6.67. The molecule has 7 nitrogen and oxygen atoms in total. The van der Waals surface area contributed by atoms with E-state index >= 15 is 4.39 Å². The summed E-state index contributed by atoms with van der Waals surface area (Å²) in [6.45, 7) is 7.68. The molecule has 0 spiro atoms. The standard InChI is InChI=1S/C30H36F2N4O3S/c1-3-39-40(37)24-9-13-36(14-10-24)29-6-4-5-27(35-29)25-16-23(31)17-26(32)30(25)38-19-22-18-34-28(15-20(22)2)21-7-11-33-12-8-21/h4-6,15-18,21,24,33H,3,7-14,19H2,1-2H3. The molecular formula is C30H36F2N4O3S. The van der Waals surface area contributed by atoms with Crippen molar-refractivity contribution in [1.82, 2.24) is 15.3 Å². The Bertz CT molecular complexity index is 1340. The van der Waals surface area contributed by atoms with Crippen LogP contribution in [0.25, 0.3) is 11.3 Å². The van der Waals surface area contributed by atoms with Crippen molar-refractivity contribution in [2.24, 2.45) is 0 Å². The molecule has 1 atom stereocenters. The van der Waals surface area contributed by atoms with E-state index in [0.29, 0.717) is 50.0 Å². The van der Waals surface area contributed by atoms with Crippen LogP contribution in [0, 0.1) is 18.6 Å². The number of benzene rings is 1. The van der Waals surface area contributed by atoms with Gasteiger partial charge in [-0.1, -0.05) is 6.07 Å². The van der Waals surface area contributed by atoms with Gasteiger partial charge < -0.3 is 15.0 Å². The van der Waals surface area contributed by atoms with E-state index in [1.165, 1.54) is 6.07 Å².